The third kappa shape index (κ3) is 3.35. The molecule has 0 aliphatic carbocycles. The van der Waals surface area contributed by atoms with Crippen LogP contribution in [-0.4, -0.2) is 22.2 Å². The van der Waals surface area contributed by atoms with Gasteiger partial charge in [0, 0.05) is 0 Å². The van der Waals surface area contributed by atoms with Crippen LogP contribution in [0.2, 0.25) is 0 Å². The second kappa shape index (κ2) is 5.12. The Morgan fingerprint density at radius 2 is 2.21 bits per heavy atom. The van der Waals surface area contributed by atoms with Gasteiger partial charge in [-0.2, -0.15) is 0 Å². The predicted octanol–water partition coefficient (Wildman–Crippen LogP) is -0.101. The Morgan fingerprint density at radius 1 is 1.71 bits per heavy atom. The fourth-order valence-corrected chi connectivity index (χ4v) is 0.734. The van der Waals surface area contributed by atoms with Gasteiger partial charge >= 0.3 is 11.6 Å². The number of primary amides is 1. The second-order valence-corrected chi connectivity index (χ2v) is 2.97. The monoisotopic (exact) mass is 219 g/mol. The summed E-state index contributed by atoms with van der Waals surface area (Å²) >= 11 is 1.12. The molecule has 78 valence electrons. The number of aliphatic hydroxyl groups is 1. The molecule has 0 rings (SSSR count). The molecule has 0 saturated carbocycles. The van der Waals surface area contributed by atoms with E-state index in [1.54, 1.807) is 6.26 Å². The van der Waals surface area contributed by atoms with Gasteiger partial charge in [0.15, 0.2) is 0 Å². The smallest absolute Gasteiger partial charge is 0.392 e. The Labute approximate surface area is 83.8 Å². The minimum Gasteiger partial charge on any atom is -0.490 e. The Hall–Kier alpha value is -1.70. The van der Waals surface area contributed by atoms with E-state index in [0.29, 0.717) is 0 Å². The molecule has 7 nitrogen and oxygen atoms in total. The van der Waals surface area contributed by atoms with Gasteiger partial charge in [-0.25, -0.2) is 0 Å². The Morgan fingerprint density at radius 3 is 2.50 bits per heavy atom. The average molecular weight is 219 g/mol. The lowest BCUT2D eigenvalue weighted by atomic mass is 10.4. The number of hydrogen-bond donors (Lipinski definition) is 3. The highest BCUT2D eigenvalue weighted by Crippen LogP contribution is 2.08. The first-order valence-corrected chi connectivity index (χ1v) is 4.50. The van der Waals surface area contributed by atoms with Crippen molar-refractivity contribution in [3.8, 4) is 0 Å². The van der Waals surface area contributed by atoms with Crippen molar-refractivity contribution in [3.05, 3.63) is 33.3 Å². The molecule has 0 atom stereocenters. The molecule has 8 heteroatoms. The number of thioether (sulfide) groups is 1. The van der Waals surface area contributed by atoms with Gasteiger partial charge in [-0.1, -0.05) is 6.58 Å². The van der Waals surface area contributed by atoms with E-state index in [4.69, 9.17) is 5.11 Å². The summed E-state index contributed by atoms with van der Waals surface area (Å²) < 4.78 is 0. The van der Waals surface area contributed by atoms with Crippen molar-refractivity contribution in [2.75, 3.05) is 6.26 Å². The number of nitrogens with two attached hydrogens (primary N) is 1. The standard InChI is InChI=1S/C6H9N3O4S/c1-3(14-2)8-6(11)4(5(7)10)9(12)13/h8,11H,1H2,2H3,(H2,7,10). The van der Waals surface area contributed by atoms with E-state index in [1.165, 1.54) is 0 Å². The quantitative estimate of drug-likeness (QED) is 0.257. The van der Waals surface area contributed by atoms with Crippen LogP contribution >= 0.6 is 11.8 Å². The van der Waals surface area contributed by atoms with Crippen molar-refractivity contribution >= 4 is 17.7 Å². The maximum Gasteiger partial charge on any atom is 0.392 e. The Bertz CT molecular complexity index is 296. The molecule has 0 fully saturated rings. The molecule has 4 N–H and O–H groups in total. The fourth-order valence-electron chi connectivity index (χ4n) is 0.535. The molecule has 14 heavy (non-hydrogen) atoms. The molecule has 0 spiro atoms. The second-order valence-electron chi connectivity index (χ2n) is 2.07. The summed E-state index contributed by atoms with van der Waals surface area (Å²) in [5, 5.41) is 21.8. The number of nitrogens with one attached hydrogen (secondary N) is 1. The van der Waals surface area contributed by atoms with Gasteiger partial charge in [-0.3, -0.25) is 14.9 Å². The van der Waals surface area contributed by atoms with E-state index in [2.05, 4.69) is 17.6 Å². The molecule has 0 aliphatic rings. The molecule has 0 aromatic heterocycles. The van der Waals surface area contributed by atoms with Gasteiger partial charge in [0.1, 0.15) is 0 Å². The van der Waals surface area contributed by atoms with Crippen LogP contribution in [0.15, 0.2) is 23.2 Å². The van der Waals surface area contributed by atoms with Crippen LogP contribution < -0.4 is 11.1 Å². The van der Waals surface area contributed by atoms with Crippen LogP contribution in [0.5, 0.6) is 0 Å². The van der Waals surface area contributed by atoms with Crippen LogP contribution in [0.4, 0.5) is 0 Å². The normalized spacial score (nSPS) is 11.5. The fraction of sp³-hybridized carbons (Fsp3) is 0.167. The van der Waals surface area contributed by atoms with Crippen LogP contribution in [0.3, 0.4) is 0 Å². The Balaban J connectivity index is 4.92. The van der Waals surface area contributed by atoms with Crippen molar-refractivity contribution in [1.82, 2.24) is 5.32 Å². The van der Waals surface area contributed by atoms with Crippen LogP contribution in [-0.2, 0) is 4.79 Å². The number of rotatable bonds is 5. The highest BCUT2D eigenvalue weighted by Gasteiger charge is 2.25. The number of carbonyl (C=O) groups excluding carboxylic acids is 1. The number of nitro groups is 1. The molecule has 1 amide bonds. The number of aliphatic hydroxyl groups excluding tert-OH is 1. The zero-order valence-electron chi connectivity index (χ0n) is 7.31. The molecule has 0 unspecified atom stereocenters. The lowest BCUT2D eigenvalue weighted by Gasteiger charge is -2.04. The third-order valence-corrected chi connectivity index (χ3v) is 1.74. The van der Waals surface area contributed by atoms with Gasteiger partial charge in [0.2, 0.25) is 0 Å². The molecule has 0 aliphatic heterocycles. The summed E-state index contributed by atoms with van der Waals surface area (Å²) in [6.45, 7) is 3.40. The van der Waals surface area contributed by atoms with E-state index in [0.717, 1.165) is 11.8 Å². The van der Waals surface area contributed by atoms with Gasteiger partial charge in [0.05, 0.1) is 9.95 Å². The third-order valence-electron chi connectivity index (χ3n) is 1.14. The molecule has 0 aromatic rings. The lowest BCUT2D eigenvalue weighted by molar-refractivity contribution is -0.422. The van der Waals surface area contributed by atoms with E-state index < -0.39 is 22.4 Å². The van der Waals surface area contributed by atoms with Gasteiger partial charge < -0.3 is 16.2 Å². The molecule has 0 aromatic carbocycles. The van der Waals surface area contributed by atoms with Crippen LogP contribution in [0.25, 0.3) is 0 Å². The molecule has 0 radical (unpaired) electrons. The lowest BCUT2D eigenvalue weighted by Crippen LogP contribution is -2.26. The largest absolute Gasteiger partial charge is 0.490 e. The molecular weight excluding hydrogens is 210 g/mol. The van der Waals surface area contributed by atoms with Crippen LogP contribution in [0, 0.1) is 10.1 Å². The van der Waals surface area contributed by atoms with Crippen molar-refractivity contribution in [3.63, 3.8) is 0 Å². The maximum atomic E-state index is 10.5. The summed E-state index contributed by atoms with van der Waals surface area (Å²) in [6.07, 6.45) is 1.64. The SMILES string of the molecule is C=C(NC(O)=C(C(N)=O)[N+](=O)[O-])SC. The number of carbonyl (C=O) groups is 1. The van der Waals surface area contributed by atoms with Crippen molar-refractivity contribution in [2.24, 2.45) is 5.73 Å². The number of amides is 1. The van der Waals surface area contributed by atoms with E-state index in [-0.39, 0.29) is 5.03 Å². The first-order chi connectivity index (χ1) is 6.40. The van der Waals surface area contributed by atoms with Crippen molar-refractivity contribution < 1.29 is 14.8 Å². The van der Waals surface area contributed by atoms with E-state index >= 15 is 0 Å². The first-order valence-electron chi connectivity index (χ1n) is 3.27. The average Bonchev–Trinajstić information content (AvgIpc) is 2.02. The van der Waals surface area contributed by atoms with Crippen LogP contribution in [0.1, 0.15) is 0 Å². The first kappa shape index (κ1) is 12.3. The molecule has 0 saturated heterocycles. The molecule has 0 heterocycles. The minimum atomic E-state index is -1.33. The summed E-state index contributed by atoms with van der Waals surface area (Å²) in [5.41, 5.74) is 3.58. The topological polar surface area (TPSA) is 118 Å². The summed E-state index contributed by atoms with van der Waals surface area (Å²) in [7, 11) is 0. The van der Waals surface area contributed by atoms with Gasteiger partial charge in [0.25, 0.3) is 5.88 Å². The highest BCUT2D eigenvalue weighted by molar-refractivity contribution is 8.02. The van der Waals surface area contributed by atoms with Crippen molar-refractivity contribution in [1.29, 1.82) is 0 Å². The number of hydrogen-bond acceptors (Lipinski definition) is 6. The zero-order chi connectivity index (χ0) is 11.3. The highest BCUT2D eigenvalue weighted by atomic mass is 32.2. The zero-order valence-corrected chi connectivity index (χ0v) is 8.13. The maximum absolute atomic E-state index is 10.5. The Kier molecular flexibility index (Phi) is 4.50. The summed E-state index contributed by atoms with van der Waals surface area (Å²) in [5.74, 6) is -2.24. The molecule has 0 bridgehead atoms. The van der Waals surface area contributed by atoms with E-state index in [1.807, 2.05) is 0 Å². The summed E-state index contributed by atoms with van der Waals surface area (Å²) in [6, 6.07) is 0. The van der Waals surface area contributed by atoms with Crippen molar-refractivity contribution in [2.45, 2.75) is 0 Å². The van der Waals surface area contributed by atoms with Gasteiger partial charge in [-0.05, 0) is 6.26 Å². The predicted molar refractivity (Wildman–Crippen MR) is 51.6 cm³/mol. The minimum absolute atomic E-state index is 0.253. The number of nitrogens with zero attached hydrogens (tertiary/aromatic N) is 1. The van der Waals surface area contributed by atoms with Gasteiger partial charge in [-0.15, -0.1) is 11.8 Å². The van der Waals surface area contributed by atoms with E-state index in [9.17, 15) is 14.9 Å². The molecular formula is C6H9N3O4S. The summed E-state index contributed by atoms with van der Waals surface area (Å²) in [4.78, 5) is 19.7.